The zero-order valence-corrected chi connectivity index (χ0v) is 25.4. The highest BCUT2D eigenvalue weighted by Crippen LogP contribution is 2.60. The van der Waals surface area contributed by atoms with Crippen LogP contribution in [0.5, 0.6) is 0 Å². The van der Waals surface area contributed by atoms with Crippen molar-refractivity contribution in [3.8, 4) is 0 Å². The molecule has 4 aromatic heterocycles. The zero-order valence-electron chi connectivity index (χ0n) is 21.8. The topological polar surface area (TPSA) is 230 Å². The van der Waals surface area contributed by atoms with Crippen molar-refractivity contribution in [2.75, 3.05) is 18.9 Å². The van der Waals surface area contributed by atoms with Crippen molar-refractivity contribution >= 4 is 66.2 Å². The van der Waals surface area contributed by atoms with E-state index in [0.717, 1.165) is 0 Å². The lowest BCUT2D eigenvalue weighted by Gasteiger charge is -2.26. The van der Waals surface area contributed by atoms with Gasteiger partial charge in [-0.2, -0.15) is 4.98 Å². The van der Waals surface area contributed by atoms with Crippen LogP contribution in [-0.2, 0) is 36.7 Å². The highest BCUT2D eigenvalue weighted by atomic mass is 32.7. The number of anilines is 1. The molecule has 4 aromatic rings. The number of nitrogens with zero attached hydrogens (tertiary/aromatic N) is 5. The molecule has 0 aromatic carbocycles. The molecule has 7 rings (SSSR count). The van der Waals surface area contributed by atoms with E-state index in [1.807, 2.05) is 0 Å². The number of hydrogen-bond acceptors (Lipinski definition) is 14. The number of imidazole rings is 1. The molecule has 230 valence electrons. The maximum Gasteiger partial charge on any atom is 0.386 e. The highest BCUT2D eigenvalue weighted by Gasteiger charge is 2.46. The fourth-order valence-corrected chi connectivity index (χ4v) is 8.42. The van der Waals surface area contributed by atoms with Gasteiger partial charge in [0.05, 0.1) is 37.4 Å². The minimum Gasteiger partial charge on any atom is -0.369 e. The lowest BCUT2D eigenvalue weighted by molar-refractivity contribution is -0.0556. The maximum atomic E-state index is 13.5. The van der Waals surface area contributed by atoms with Gasteiger partial charge in [0.25, 0.3) is 11.1 Å². The molecule has 7 heterocycles. The van der Waals surface area contributed by atoms with Gasteiger partial charge in [0.2, 0.25) is 5.95 Å². The molecule has 0 radical (unpaired) electrons. The predicted octanol–water partition coefficient (Wildman–Crippen LogP) is 1.91. The largest absolute Gasteiger partial charge is 0.386 e. The van der Waals surface area contributed by atoms with Crippen LogP contribution in [0.2, 0.25) is 0 Å². The Morgan fingerprint density at radius 1 is 0.930 bits per heavy atom. The average Bonchev–Trinajstić information content (AvgIpc) is 3.71. The fraction of sp³-hybridized carbons (Fsp3) is 0.476. The normalized spacial score (nSPS) is 35.4. The first-order chi connectivity index (χ1) is 20.5. The first kappa shape index (κ1) is 29.2. The number of nitrogens with one attached hydrogen (secondary N) is 2. The third-order valence-electron chi connectivity index (χ3n) is 7.24. The second kappa shape index (κ2) is 10.8. The van der Waals surface area contributed by atoms with Crippen LogP contribution in [0.4, 0.5) is 5.95 Å². The predicted molar refractivity (Wildman–Crippen MR) is 155 cm³/mol. The molecule has 2 bridgehead atoms. The average molecular weight is 675 g/mol. The fourth-order valence-electron chi connectivity index (χ4n) is 5.39. The van der Waals surface area contributed by atoms with Gasteiger partial charge in [0, 0.05) is 19.0 Å². The number of hydrogen-bond donors (Lipinski definition) is 5. The van der Waals surface area contributed by atoms with Crippen LogP contribution < -0.4 is 16.9 Å². The van der Waals surface area contributed by atoms with E-state index in [2.05, 4.69) is 49.4 Å². The van der Waals surface area contributed by atoms with Crippen molar-refractivity contribution in [1.82, 2.24) is 34.1 Å². The summed E-state index contributed by atoms with van der Waals surface area (Å²) in [5, 5.41) is 0.347. The molecule has 0 aliphatic carbocycles. The SMILES string of the molecule is Nc1nc2c(ncn2[C@@H]2O[C@@H]3COP(=O)(S)O[C@H]4C[C@H](n5ccc6c(=O)[nH]cnc65)O[C@@H]4COP(=O)(S)O[C@@H]2C3)c(=O)[nH]1. The Labute approximate surface area is 250 Å². The van der Waals surface area contributed by atoms with Crippen molar-refractivity contribution in [3.63, 3.8) is 0 Å². The third kappa shape index (κ3) is 5.61. The first-order valence-electron chi connectivity index (χ1n) is 12.9. The van der Waals surface area contributed by atoms with E-state index in [1.165, 1.54) is 17.2 Å². The van der Waals surface area contributed by atoms with E-state index in [0.29, 0.717) is 11.0 Å². The molecule has 22 heteroatoms. The number of nitrogens with two attached hydrogens (primary N) is 1. The van der Waals surface area contributed by atoms with E-state index < -0.39 is 56.0 Å². The van der Waals surface area contributed by atoms with E-state index in [4.69, 9.17) is 33.3 Å². The molecule has 2 unspecified atom stereocenters. The Morgan fingerprint density at radius 3 is 2.51 bits per heavy atom. The van der Waals surface area contributed by atoms with Crippen molar-refractivity contribution in [1.29, 1.82) is 0 Å². The number of fused-ring (bicyclic) bond motifs is 5. The number of aromatic amines is 2. The van der Waals surface area contributed by atoms with Crippen molar-refractivity contribution in [2.24, 2.45) is 0 Å². The molecule has 0 saturated carbocycles. The number of rotatable bonds is 2. The molecule has 4 N–H and O–H groups in total. The van der Waals surface area contributed by atoms with Crippen LogP contribution in [0.25, 0.3) is 22.2 Å². The summed E-state index contributed by atoms with van der Waals surface area (Å²) in [6, 6.07) is 1.59. The van der Waals surface area contributed by atoms with Crippen molar-refractivity contribution in [3.05, 3.63) is 45.6 Å². The zero-order chi connectivity index (χ0) is 30.1. The number of ether oxygens (including phenoxy) is 2. The van der Waals surface area contributed by atoms with Crippen LogP contribution in [0, 0.1) is 0 Å². The first-order valence-corrected chi connectivity index (χ1v) is 18.2. The maximum absolute atomic E-state index is 13.5. The van der Waals surface area contributed by atoms with Gasteiger partial charge in [0.1, 0.15) is 30.2 Å². The van der Waals surface area contributed by atoms with Gasteiger partial charge in [0.15, 0.2) is 17.4 Å². The van der Waals surface area contributed by atoms with Gasteiger partial charge >= 0.3 is 13.6 Å². The molecule has 0 spiro atoms. The van der Waals surface area contributed by atoms with Crippen molar-refractivity contribution in [2.45, 2.75) is 49.7 Å². The number of H-pyrrole nitrogens is 2. The molecule has 8 atom stereocenters. The van der Waals surface area contributed by atoms with Gasteiger partial charge in [-0.25, -0.2) is 19.1 Å². The summed E-state index contributed by atoms with van der Waals surface area (Å²) < 4.78 is 64.9. The van der Waals surface area contributed by atoms with Crippen LogP contribution in [0.15, 0.2) is 34.5 Å². The second-order valence-corrected chi connectivity index (χ2v) is 15.8. The quantitative estimate of drug-likeness (QED) is 0.151. The van der Waals surface area contributed by atoms with Gasteiger partial charge in [-0.1, -0.05) is 24.5 Å². The van der Waals surface area contributed by atoms with Crippen LogP contribution in [-0.4, -0.2) is 71.7 Å². The summed E-state index contributed by atoms with van der Waals surface area (Å²) in [7, 11) is 0. The van der Waals surface area contributed by atoms with Crippen molar-refractivity contribution < 1.29 is 36.7 Å². The smallest absolute Gasteiger partial charge is 0.369 e. The number of thiol groups is 2. The molecule has 3 aliphatic heterocycles. The summed E-state index contributed by atoms with van der Waals surface area (Å²) in [4.78, 5) is 41.8. The lowest BCUT2D eigenvalue weighted by atomic mass is 10.2. The monoisotopic (exact) mass is 674 g/mol. The summed E-state index contributed by atoms with van der Waals surface area (Å²) >= 11 is 8.34. The van der Waals surface area contributed by atoms with Gasteiger partial charge < -0.3 is 24.8 Å². The molecule has 0 amide bonds. The Balaban J connectivity index is 1.17. The van der Waals surface area contributed by atoms with E-state index in [-0.39, 0.29) is 48.7 Å². The molecule has 18 nitrogen and oxygen atoms in total. The van der Waals surface area contributed by atoms with Gasteiger partial charge in [-0.05, 0) is 6.07 Å². The standard InChI is InChI=1S/C21H24N8O10P2S2/c22-21-26-17-15(19(31)27-21)25-8-29(17)20-12-3-9(36-20)5-34-40(32,42)38-11-4-14(37-13(11)6-35-41(33,43)39-12)28-2-1-10-16(28)23-7-24-18(10)30/h1-2,7-9,11-14,20H,3-6H2,(H,32,42)(H,33,43)(H,23,24,30)(H3,22,26,27,31)/t9-,11-,12+,13+,14+,20+,40?,41?/m0/s1. The molecular weight excluding hydrogens is 650 g/mol. The Kier molecular flexibility index (Phi) is 7.36. The lowest BCUT2D eigenvalue weighted by Crippen LogP contribution is -2.28. The Hall–Kier alpha value is -2.51. The van der Waals surface area contributed by atoms with E-state index in [9.17, 15) is 18.7 Å². The summed E-state index contributed by atoms with van der Waals surface area (Å²) in [5.41, 5.74) is 5.30. The second-order valence-electron chi connectivity index (χ2n) is 10.0. The Morgan fingerprint density at radius 2 is 1.70 bits per heavy atom. The van der Waals surface area contributed by atoms with E-state index >= 15 is 0 Å². The molecule has 43 heavy (non-hydrogen) atoms. The van der Waals surface area contributed by atoms with Crippen LogP contribution >= 0.6 is 38.1 Å². The Bertz CT molecular complexity index is 1930. The minimum absolute atomic E-state index is 0.00141. The third-order valence-corrected chi connectivity index (χ3v) is 10.5. The highest BCUT2D eigenvalue weighted by molar-refractivity contribution is 8.44. The number of nitrogen functional groups attached to an aromatic ring is 1. The molecule has 3 saturated heterocycles. The molecule has 3 aliphatic rings. The summed E-state index contributed by atoms with van der Waals surface area (Å²) in [5.74, 6) is -0.145. The van der Waals surface area contributed by atoms with Crippen LogP contribution in [0.3, 0.4) is 0 Å². The summed E-state index contributed by atoms with van der Waals surface area (Å²) in [6.07, 6.45) is -0.790. The summed E-state index contributed by atoms with van der Waals surface area (Å²) in [6.45, 7) is -8.67. The van der Waals surface area contributed by atoms with Crippen LogP contribution in [0.1, 0.15) is 25.3 Å². The number of aromatic nitrogens is 7. The van der Waals surface area contributed by atoms with Gasteiger partial charge in [-0.15, -0.1) is 0 Å². The molecule has 3 fully saturated rings. The van der Waals surface area contributed by atoms with E-state index in [1.54, 1.807) is 16.8 Å². The minimum atomic E-state index is -4.09. The molecular formula is C21H24N8O10P2S2. The van der Waals surface area contributed by atoms with Gasteiger partial charge in [-0.3, -0.25) is 37.2 Å².